The molecular weight excluding hydrogens is 392 g/mol. The number of ether oxygens (including phenoxy) is 2. The average molecular weight is 410 g/mol. The first-order chi connectivity index (χ1) is 15.1. The SMILES string of the molecule is CC(=O)N1C(=O)[C@@]2(O[C@]3(c4ccccc4)OC=N[C@@]32c2ccccc2)c2ccccc21. The van der Waals surface area contributed by atoms with E-state index in [1.54, 1.807) is 12.1 Å². The third kappa shape index (κ3) is 1.85. The zero-order valence-electron chi connectivity index (χ0n) is 16.7. The molecule has 3 atom stereocenters. The maximum Gasteiger partial charge on any atom is 0.274 e. The highest BCUT2D eigenvalue weighted by molar-refractivity contribution is 6.23. The number of amides is 2. The van der Waals surface area contributed by atoms with Crippen LogP contribution in [0.4, 0.5) is 5.69 Å². The maximum atomic E-state index is 14.0. The monoisotopic (exact) mass is 410 g/mol. The lowest BCUT2D eigenvalue weighted by molar-refractivity contribution is -0.406. The van der Waals surface area contributed by atoms with E-state index in [1.165, 1.54) is 18.2 Å². The summed E-state index contributed by atoms with van der Waals surface area (Å²) in [6.07, 6.45) is 1.36. The topological polar surface area (TPSA) is 68.2 Å². The van der Waals surface area contributed by atoms with Crippen molar-refractivity contribution in [1.82, 2.24) is 0 Å². The molecule has 6 rings (SSSR count). The van der Waals surface area contributed by atoms with Crippen molar-refractivity contribution < 1.29 is 19.1 Å². The fourth-order valence-corrected chi connectivity index (χ4v) is 5.26. The lowest BCUT2D eigenvalue weighted by atomic mass is 9.59. The molecule has 0 aromatic heterocycles. The number of hydrogen-bond acceptors (Lipinski definition) is 5. The zero-order valence-corrected chi connectivity index (χ0v) is 16.7. The van der Waals surface area contributed by atoms with Gasteiger partial charge in [0.05, 0.1) is 5.69 Å². The molecule has 3 heterocycles. The Kier molecular flexibility index (Phi) is 3.43. The number of anilines is 1. The molecule has 1 fully saturated rings. The highest BCUT2D eigenvalue weighted by Gasteiger charge is 2.87. The van der Waals surface area contributed by atoms with Gasteiger partial charge >= 0.3 is 0 Å². The van der Waals surface area contributed by atoms with Crippen LogP contribution in [0.25, 0.3) is 0 Å². The van der Waals surface area contributed by atoms with E-state index < -0.39 is 22.8 Å². The molecule has 0 bridgehead atoms. The van der Waals surface area contributed by atoms with Gasteiger partial charge in [0.15, 0.2) is 6.40 Å². The third-order valence-corrected chi connectivity index (χ3v) is 6.44. The van der Waals surface area contributed by atoms with Crippen molar-refractivity contribution in [2.45, 2.75) is 23.9 Å². The fourth-order valence-electron chi connectivity index (χ4n) is 5.26. The van der Waals surface area contributed by atoms with Crippen LogP contribution >= 0.6 is 0 Å². The van der Waals surface area contributed by atoms with Crippen molar-refractivity contribution >= 4 is 23.9 Å². The van der Waals surface area contributed by atoms with E-state index in [0.717, 1.165) is 11.1 Å². The van der Waals surface area contributed by atoms with Crippen molar-refractivity contribution in [2.24, 2.45) is 4.99 Å². The van der Waals surface area contributed by atoms with E-state index >= 15 is 0 Å². The minimum atomic E-state index is -1.53. The normalized spacial score (nSPS) is 30.0. The van der Waals surface area contributed by atoms with Crippen molar-refractivity contribution in [3.05, 3.63) is 102 Å². The quantitative estimate of drug-likeness (QED) is 0.647. The van der Waals surface area contributed by atoms with Gasteiger partial charge in [-0.05, 0) is 11.6 Å². The number of carbonyl (C=O) groups excluding carboxylic acids is 2. The number of rotatable bonds is 2. The molecule has 3 aromatic carbocycles. The third-order valence-electron chi connectivity index (χ3n) is 6.44. The number of fused-ring (bicyclic) bond motifs is 4. The number of nitrogens with zero attached hydrogens (tertiary/aromatic N) is 2. The molecule has 6 nitrogen and oxygen atoms in total. The first kappa shape index (κ1) is 18.0. The number of para-hydroxylation sites is 1. The first-order valence-electron chi connectivity index (χ1n) is 10.1. The van der Waals surface area contributed by atoms with E-state index in [-0.39, 0.29) is 5.91 Å². The molecule has 0 unspecified atom stereocenters. The Balaban J connectivity index is 1.69. The second-order valence-corrected chi connectivity index (χ2v) is 7.87. The minimum Gasteiger partial charge on any atom is -0.445 e. The zero-order chi connectivity index (χ0) is 21.3. The highest BCUT2D eigenvalue weighted by atomic mass is 16.7. The molecule has 3 aromatic rings. The van der Waals surface area contributed by atoms with Crippen LogP contribution < -0.4 is 4.90 Å². The van der Waals surface area contributed by atoms with Crippen LogP contribution in [0.3, 0.4) is 0 Å². The number of aliphatic imine (C=N–C) groups is 1. The number of carbonyl (C=O) groups is 2. The Labute approximate surface area is 178 Å². The van der Waals surface area contributed by atoms with Crippen molar-refractivity contribution in [3.8, 4) is 0 Å². The number of imide groups is 1. The molecule has 0 saturated carbocycles. The van der Waals surface area contributed by atoms with Crippen LogP contribution in [0.1, 0.15) is 23.6 Å². The van der Waals surface area contributed by atoms with E-state index in [9.17, 15) is 9.59 Å². The Bertz CT molecular complexity index is 1260. The second kappa shape index (κ2) is 5.89. The molecule has 3 aliphatic heterocycles. The van der Waals surface area contributed by atoms with Crippen LogP contribution in [-0.2, 0) is 36.0 Å². The molecule has 3 aliphatic rings. The summed E-state index contributed by atoms with van der Waals surface area (Å²) in [4.78, 5) is 32.4. The van der Waals surface area contributed by atoms with Crippen LogP contribution in [0.5, 0.6) is 0 Å². The van der Waals surface area contributed by atoms with Gasteiger partial charge in [-0.2, -0.15) is 0 Å². The molecule has 0 N–H and O–H groups in total. The summed E-state index contributed by atoms with van der Waals surface area (Å²) in [5, 5.41) is 0. The number of hydrogen-bond donors (Lipinski definition) is 0. The van der Waals surface area contributed by atoms with Gasteiger partial charge in [0, 0.05) is 18.1 Å². The molecule has 152 valence electrons. The van der Waals surface area contributed by atoms with Gasteiger partial charge in [-0.15, -0.1) is 0 Å². The molecule has 1 saturated heterocycles. The molecule has 2 amide bonds. The van der Waals surface area contributed by atoms with E-state index in [4.69, 9.17) is 14.5 Å². The Morgan fingerprint density at radius 3 is 2.16 bits per heavy atom. The van der Waals surface area contributed by atoms with Crippen molar-refractivity contribution in [3.63, 3.8) is 0 Å². The summed E-state index contributed by atoms with van der Waals surface area (Å²) in [5.41, 5.74) is -0.132. The summed E-state index contributed by atoms with van der Waals surface area (Å²) in [6, 6.07) is 26.2. The lowest BCUT2D eigenvalue weighted by Crippen LogP contribution is -2.76. The molecular formula is C25H18N2O4. The van der Waals surface area contributed by atoms with Gasteiger partial charge < -0.3 is 9.47 Å². The van der Waals surface area contributed by atoms with Gasteiger partial charge in [0.2, 0.25) is 17.0 Å². The van der Waals surface area contributed by atoms with Crippen molar-refractivity contribution in [2.75, 3.05) is 4.90 Å². The molecule has 1 spiro atoms. The summed E-state index contributed by atoms with van der Waals surface area (Å²) in [6.45, 7) is 1.38. The lowest BCUT2D eigenvalue weighted by Gasteiger charge is -2.61. The van der Waals surface area contributed by atoms with E-state index in [2.05, 4.69) is 0 Å². The molecule has 0 radical (unpaired) electrons. The molecule has 31 heavy (non-hydrogen) atoms. The second-order valence-electron chi connectivity index (χ2n) is 7.87. The van der Waals surface area contributed by atoms with Gasteiger partial charge in [-0.25, -0.2) is 9.89 Å². The summed E-state index contributed by atoms with van der Waals surface area (Å²) >= 11 is 0. The van der Waals surface area contributed by atoms with E-state index in [1.807, 2.05) is 72.8 Å². The average Bonchev–Trinajstić information content (AvgIpc) is 3.25. The highest BCUT2D eigenvalue weighted by Crippen LogP contribution is 2.73. The predicted octanol–water partition coefficient (Wildman–Crippen LogP) is 3.61. The van der Waals surface area contributed by atoms with Gasteiger partial charge in [0.1, 0.15) is 0 Å². The summed E-state index contributed by atoms with van der Waals surface area (Å²) < 4.78 is 12.6. The Morgan fingerprint density at radius 2 is 1.48 bits per heavy atom. The van der Waals surface area contributed by atoms with Gasteiger partial charge in [-0.1, -0.05) is 78.9 Å². The van der Waals surface area contributed by atoms with Gasteiger partial charge in [-0.3, -0.25) is 9.59 Å². The predicted molar refractivity (Wildman–Crippen MR) is 113 cm³/mol. The minimum absolute atomic E-state index is 0.374. The van der Waals surface area contributed by atoms with Crippen LogP contribution in [0.2, 0.25) is 0 Å². The van der Waals surface area contributed by atoms with Crippen molar-refractivity contribution in [1.29, 1.82) is 0 Å². The molecule has 0 aliphatic carbocycles. The Morgan fingerprint density at radius 1 is 0.871 bits per heavy atom. The summed E-state index contributed by atoms with van der Waals surface area (Å²) in [5.74, 6) is -2.16. The number of benzene rings is 3. The molecule has 6 heteroatoms. The standard InChI is InChI=1S/C25H18N2O4/c1-17(28)27-21-15-9-8-14-20(21)23(22(27)29)24(18-10-4-2-5-11-18)25(31-23,30-16-26-24)19-12-6-3-7-13-19/h2-16H,1H3/t23-,24+,25-/m0/s1. The van der Waals surface area contributed by atoms with Crippen LogP contribution in [0.15, 0.2) is 89.9 Å². The van der Waals surface area contributed by atoms with Gasteiger partial charge in [0.25, 0.3) is 11.7 Å². The van der Waals surface area contributed by atoms with E-state index in [0.29, 0.717) is 11.3 Å². The maximum absolute atomic E-state index is 14.0. The summed E-state index contributed by atoms with van der Waals surface area (Å²) in [7, 11) is 0. The first-order valence-corrected chi connectivity index (χ1v) is 10.1. The largest absolute Gasteiger partial charge is 0.445 e. The smallest absolute Gasteiger partial charge is 0.274 e. The fraction of sp³-hybridized carbons (Fsp3) is 0.160. The van der Waals surface area contributed by atoms with Crippen LogP contribution in [-0.4, -0.2) is 18.2 Å². The van der Waals surface area contributed by atoms with Crippen LogP contribution in [0, 0.1) is 0 Å². The Hall–Kier alpha value is -3.77.